The molecule has 0 saturated carbocycles. The van der Waals surface area contributed by atoms with Crippen molar-refractivity contribution in [2.45, 2.75) is 0 Å². The molecular weight excluding hydrogens is 182 g/mol. The Balaban J connectivity index is 2.42. The summed E-state index contributed by atoms with van der Waals surface area (Å²) in [7, 11) is 4.48. The highest BCUT2D eigenvalue weighted by Gasteiger charge is 2.35. The first-order valence-corrected chi connectivity index (χ1v) is 5.25. The summed E-state index contributed by atoms with van der Waals surface area (Å²) in [6, 6.07) is 17.3. The molecule has 1 nitrogen and oxygen atoms in total. The molecule has 1 aliphatic heterocycles. The number of nitrogens with zero attached hydrogens (tertiary/aromatic N) is 1. The summed E-state index contributed by atoms with van der Waals surface area (Å²) in [6.07, 6.45) is 0. The summed E-state index contributed by atoms with van der Waals surface area (Å²) in [5, 5.41) is 0. The molecule has 0 fully saturated rings. The minimum Gasteiger partial charge on any atom is -0.263 e. The molecule has 3 rings (SSSR count). The van der Waals surface area contributed by atoms with E-state index in [2.05, 4.69) is 62.6 Å². The monoisotopic (exact) mass is 196 g/mol. The Kier molecular flexibility index (Phi) is 1.57. The lowest BCUT2D eigenvalue weighted by Gasteiger charge is -2.24. The number of hydrogen-bond donors (Lipinski definition) is 0. The molecule has 1 heteroatoms. The van der Waals surface area contributed by atoms with E-state index < -0.39 is 0 Å². The van der Waals surface area contributed by atoms with Crippen molar-refractivity contribution in [1.29, 1.82) is 0 Å². The molecule has 0 N–H and O–H groups in total. The zero-order valence-corrected chi connectivity index (χ0v) is 9.07. The normalized spacial score (nSPS) is 15.9. The fourth-order valence-electron chi connectivity index (χ4n) is 2.51. The van der Waals surface area contributed by atoms with E-state index in [1.54, 1.807) is 0 Å². The first-order chi connectivity index (χ1) is 7.21. The Labute approximate surface area is 90.2 Å². The van der Waals surface area contributed by atoms with Gasteiger partial charge >= 0.3 is 0 Å². The molecule has 74 valence electrons. The quantitative estimate of drug-likeness (QED) is 0.565. The van der Waals surface area contributed by atoms with Crippen LogP contribution in [0.2, 0.25) is 0 Å². The van der Waals surface area contributed by atoms with Crippen molar-refractivity contribution in [2.24, 2.45) is 0 Å². The van der Waals surface area contributed by atoms with Gasteiger partial charge in [0.05, 0.1) is 14.1 Å². The Morgan fingerprint density at radius 1 is 0.667 bits per heavy atom. The van der Waals surface area contributed by atoms with Gasteiger partial charge in [0.2, 0.25) is 0 Å². The predicted octanol–water partition coefficient (Wildman–Crippen LogP) is 3.57. The average Bonchev–Trinajstić information content (AvgIpc) is 2.51. The molecular formula is C14H14N+. The lowest BCUT2D eigenvalue weighted by atomic mass is 10.1. The van der Waals surface area contributed by atoms with Gasteiger partial charge in [0.1, 0.15) is 11.4 Å². The highest BCUT2D eigenvalue weighted by Crippen LogP contribution is 2.49. The fourth-order valence-corrected chi connectivity index (χ4v) is 2.51. The van der Waals surface area contributed by atoms with Gasteiger partial charge in [-0.1, -0.05) is 24.3 Å². The van der Waals surface area contributed by atoms with Crippen LogP contribution in [0.15, 0.2) is 48.5 Å². The summed E-state index contributed by atoms with van der Waals surface area (Å²) >= 11 is 0. The number of fused-ring (bicyclic) bond motifs is 3. The molecule has 0 unspecified atom stereocenters. The van der Waals surface area contributed by atoms with Crippen molar-refractivity contribution >= 4 is 11.4 Å². The molecule has 0 amide bonds. The second kappa shape index (κ2) is 2.71. The van der Waals surface area contributed by atoms with Crippen LogP contribution in [-0.4, -0.2) is 14.1 Å². The summed E-state index contributed by atoms with van der Waals surface area (Å²) in [4.78, 5) is 0. The van der Waals surface area contributed by atoms with Crippen molar-refractivity contribution in [3.8, 4) is 11.1 Å². The van der Waals surface area contributed by atoms with Crippen LogP contribution in [0.25, 0.3) is 11.1 Å². The summed E-state index contributed by atoms with van der Waals surface area (Å²) in [5.41, 5.74) is 5.52. The smallest absolute Gasteiger partial charge is 0.145 e. The van der Waals surface area contributed by atoms with E-state index in [0.717, 1.165) is 4.48 Å². The third kappa shape index (κ3) is 1.01. The molecule has 0 saturated heterocycles. The van der Waals surface area contributed by atoms with Gasteiger partial charge in [-0.2, -0.15) is 0 Å². The van der Waals surface area contributed by atoms with E-state index in [1.807, 2.05) is 0 Å². The second-order valence-corrected chi connectivity index (χ2v) is 4.49. The van der Waals surface area contributed by atoms with Crippen LogP contribution in [0.3, 0.4) is 0 Å². The Bertz CT molecular complexity index is 479. The first-order valence-electron chi connectivity index (χ1n) is 5.25. The molecule has 0 aliphatic carbocycles. The van der Waals surface area contributed by atoms with E-state index >= 15 is 0 Å². The molecule has 0 bridgehead atoms. The van der Waals surface area contributed by atoms with E-state index in [9.17, 15) is 0 Å². The molecule has 1 aliphatic rings. The lowest BCUT2D eigenvalue weighted by molar-refractivity contribution is 0.568. The highest BCUT2D eigenvalue weighted by molar-refractivity contribution is 5.93. The fraction of sp³-hybridized carbons (Fsp3) is 0.143. The Hall–Kier alpha value is -1.60. The van der Waals surface area contributed by atoms with Crippen molar-refractivity contribution < 1.29 is 0 Å². The number of para-hydroxylation sites is 2. The largest absolute Gasteiger partial charge is 0.263 e. The van der Waals surface area contributed by atoms with Crippen LogP contribution >= 0.6 is 0 Å². The van der Waals surface area contributed by atoms with Gasteiger partial charge in [0.25, 0.3) is 0 Å². The first kappa shape index (κ1) is 8.69. The molecule has 15 heavy (non-hydrogen) atoms. The molecule has 2 aromatic carbocycles. The third-order valence-corrected chi connectivity index (χ3v) is 3.30. The molecule has 1 heterocycles. The standard InChI is InChI=1S/C14H14N/c1-15(2)13-9-5-3-7-11(13)12-8-4-6-10-14(12)15/h3-10H,1-2H3/q+1. The third-order valence-electron chi connectivity index (χ3n) is 3.30. The summed E-state index contributed by atoms with van der Waals surface area (Å²) < 4.78 is 0.854. The number of benzene rings is 2. The predicted molar refractivity (Wildman–Crippen MR) is 65.2 cm³/mol. The van der Waals surface area contributed by atoms with Crippen LogP contribution in [0.1, 0.15) is 0 Å². The van der Waals surface area contributed by atoms with Crippen LogP contribution in [0.5, 0.6) is 0 Å². The van der Waals surface area contributed by atoms with Gasteiger partial charge < -0.3 is 0 Å². The van der Waals surface area contributed by atoms with Gasteiger partial charge in [0.15, 0.2) is 0 Å². The van der Waals surface area contributed by atoms with Crippen molar-refractivity contribution in [1.82, 2.24) is 4.48 Å². The van der Waals surface area contributed by atoms with Crippen LogP contribution in [0, 0.1) is 0 Å². The number of hydrogen-bond acceptors (Lipinski definition) is 0. The molecule has 0 atom stereocenters. The van der Waals surface area contributed by atoms with Crippen molar-refractivity contribution in [3.05, 3.63) is 48.5 Å². The minimum atomic E-state index is 0.854. The van der Waals surface area contributed by atoms with Gasteiger partial charge in [-0.3, -0.25) is 4.48 Å². The zero-order valence-electron chi connectivity index (χ0n) is 9.07. The molecule has 0 radical (unpaired) electrons. The summed E-state index contributed by atoms with van der Waals surface area (Å²) in [5.74, 6) is 0. The van der Waals surface area contributed by atoms with E-state index in [-0.39, 0.29) is 0 Å². The maximum absolute atomic E-state index is 2.24. The van der Waals surface area contributed by atoms with Crippen LogP contribution in [0.4, 0.5) is 11.4 Å². The molecule has 0 aromatic heterocycles. The van der Waals surface area contributed by atoms with Gasteiger partial charge in [0, 0.05) is 23.3 Å². The van der Waals surface area contributed by atoms with Crippen molar-refractivity contribution in [2.75, 3.05) is 14.1 Å². The maximum Gasteiger partial charge on any atom is 0.145 e. The number of quaternary nitrogens is 1. The maximum atomic E-state index is 2.24. The van der Waals surface area contributed by atoms with Crippen molar-refractivity contribution in [3.63, 3.8) is 0 Å². The minimum absolute atomic E-state index is 0.854. The second-order valence-electron chi connectivity index (χ2n) is 4.49. The van der Waals surface area contributed by atoms with E-state index in [0.29, 0.717) is 0 Å². The average molecular weight is 196 g/mol. The van der Waals surface area contributed by atoms with Crippen LogP contribution in [-0.2, 0) is 0 Å². The molecule has 2 aromatic rings. The summed E-state index contributed by atoms with van der Waals surface area (Å²) in [6.45, 7) is 0. The zero-order chi connectivity index (χ0) is 10.5. The Morgan fingerprint density at radius 3 is 1.53 bits per heavy atom. The Morgan fingerprint density at radius 2 is 1.07 bits per heavy atom. The topological polar surface area (TPSA) is 0 Å². The van der Waals surface area contributed by atoms with Crippen LogP contribution < -0.4 is 4.48 Å². The van der Waals surface area contributed by atoms with E-state index in [1.165, 1.54) is 22.5 Å². The van der Waals surface area contributed by atoms with E-state index in [4.69, 9.17) is 0 Å². The lowest BCUT2D eigenvalue weighted by Crippen LogP contribution is -2.31. The number of rotatable bonds is 0. The molecule has 0 spiro atoms. The highest BCUT2D eigenvalue weighted by atomic mass is 15.3. The van der Waals surface area contributed by atoms with Gasteiger partial charge in [-0.05, 0) is 12.1 Å². The SMILES string of the molecule is C[N+]1(C)c2ccccc2-c2ccccc21. The van der Waals surface area contributed by atoms with Gasteiger partial charge in [-0.15, -0.1) is 0 Å². The van der Waals surface area contributed by atoms with Gasteiger partial charge in [-0.25, -0.2) is 0 Å².